The zero-order valence-corrected chi connectivity index (χ0v) is 8.25. The maximum absolute atomic E-state index is 11.4. The molecule has 1 unspecified atom stereocenters. The molecule has 1 rings (SSSR count). The summed E-state index contributed by atoms with van der Waals surface area (Å²) in [5, 5.41) is 14.0. The van der Waals surface area contributed by atoms with Crippen LogP contribution in [0.4, 0.5) is 0 Å². The van der Waals surface area contributed by atoms with E-state index in [0.29, 0.717) is 19.4 Å². The van der Waals surface area contributed by atoms with Crippen molar-refractivity contribution >= 4 is 11.8 Å². The number of amides is 2. The third kappa shape index (κ3) is 2.99. The van der Waals surface area contributed by atoms with Gasteiger partial charge < -0.3 is 15.7 Å². The first kappa shape index (κ1) is 11.0. The van der Waals surface area contributed by atoms with Gasteiger partial charge in [0.1, 0.15) is 6.04 Å². The first-order chi connectivity index (χ1) is 6.63. The Labute approximate surface area is 82.9 Å². The van der Waals surface area contributed by atoms with Crippen LogP contribution in [0.5, 0.6) is 0 Å². The van der Waals surface area contributed by atoms with Gasteiger partial charge in [0, 0.05) is 19.6 Å². The van der Waals surface area contributed by atoms with Gasteiger partial charge in [-0.25, -0.2) is 0 Å². The molecule has 0 aromatic rings. The Morgan fingerprint density at radius 3 is 3.00 bits per heavy atom. The van der Waals surface area contributed by atoms with E-state index >= 15 is 0 Å². The molecule has 80 valence electrons. The van der Waals surface area contributed by atoms with Crippen molar-refractivity contribution in [3.8, 4) is 0 Å². The zero-order chi connectivity index (χ0) is 10.6. The maximum Gasteiger partial charge on any atom is 0.242 e. The van der Waals surface area contributed by atoms with Crippen LogP contribution in [0.15, 0.2) is 0 Å². The van der Waals surface area contributed by atoms with Gasteiger partial charge in [0.2, 0.25) is 11.8 Å². The minimum atomic E-state index is -0.381. The number of nitrogens with one attached hydrogen (secondary N) is 2. The molecule has 5 heteroatoms. The molecule has 2 amide bonds. The van der Waals surface area contributed by atoms with Crippen LogP contribution in [0.25, 0.3) is 0 Å². The predicted octanol–water partition coefficient (Wildman–Crippen LogP) is -0.990. The molecule has 14 heavy (non-hydrogen) atoms. The molecule has 1 fully saturated rings. The first-order valence-corrected chi connectivity index (χ1v) is 4.81. The zero-order valence-electron chi connectivity index (χ0n) is 8.25. The largest absolute Gasteiger partial charge is 0.396 e. The van der Waals surface area contributed by atoms with Crippen LogP contribution in [0.1, 0.15) is 19.8 Å². The van der Waals surface area contributed by atoms with Gasteiger partial charge in [0.05, 0.1) is 0 Å². The van der Waals surface area contributed by atoms with Gasteiger partial charge in [-0.15, -0.1) is 0 Å². The number of aliphatic hydroxyl groups excluding tert-OH is 1. The molecule has 0 spiro atoms. The Morgan fingerprint density at radius 2 is 2.50 bits per heavy atom. The van der Waals surface area contributed by atoms with Crippen molar-refractivity contribution in [2.75, 3.05) is 13.2 Å². The molecule has 0 radical (unpaired) electrons. The van der Waals surface area contributed by atoms with E-state index < -0.39 is 0 Å². The van der Waals surface area contributed by atoms with Crippen molar-refractivity contribution in [1.82, 2.24) is 10.6 Å². The monoisotopic (exact) mass is 200 g/mol. The molecule has 0 aromatic heterocycles. The maximum atomic E-state index is 11.4. The molecule has 3 N–H and O–H groups in total. The van der Waals surface area contributed by atoms with E-state index in [1.165, 1.54) is 0 Å². The van der Waals surface area contributed by atoms with Gasteiger partial charge in [0.25, 0.3) is 0 Å². The van der Waals surface area contributed by atoms with Crippen molar-refractivity contribution < 1.29 is 14.7 Å². The molecule has 1 heterocycles. The van der Waals surface area contributed by atoms with Crippen LogP contribution in [-0.4, -0.2) is 36.1 Å². The Balaban J connectivity index is 2.25. The highest BCUT2D eigenvalue weighted by molar-refractivity contribution is 5.90. The fraction of sp³-hybridized carbons (Fsp3) is 0.778. The Kier molecular flexibility index (Phi) is 3.88. The van der Waals surface area contributed by atoms with E-state index in [1.54, 1.807) is 0 Å². The lowest BCUT2D eigenvalue weighted by molar-refractivity contribution is -0.125. The van der Waals surface area contributed by atoms with Crippen molar-refractivity contribution in [2.45, 2.75) is 25.8 Å². The van der Waals surface area contributed by atoms with Gasteiger partial charge in [-0.3, -0.25) is 9.59 Å². The summed E-state index contributed by atoms with van der Waals surface area (Å²) in [6.45, 7) is 2.34. The Morgan fingerprint density at radius 1 is 1.79 bits per heavy atom. The molecule has 0 bridgehead atoms. The van der Waals surface area contributed by atoms with E-state index in [9.17, 15) is 9.59 Å². The summed E-state index contributed by atoms with van der Waals surface area (Å²) in [7, 11) is 0. The standard InChI is InChI=1S/C9H16N2O3/c1-6(5-12)4-10-9(14)7-2-3-8(13)11-7/h6-7,12H,2-5H2,1H3,(H,10,14)(H,11,13)/t6?,7-/m1/s1. The Hall–Kier alpha value is -1.10. The average molecular weight is 200 g/mol. The molecule has 5 nitrogen and oxygen atoms in total. The lowest BCUT2D eigenvalue weighted by atomic mass is 10.2. The smallest absolute Gasteiger partial charge is 0.242 e. The topological polar surface area (TPSA) is 78.4 Å². The molecular formula is C9H16N2O3. The van der Waals surface area contributed by atoms with Crippen LogP contribution < -0.4 is 10.6 Å². The van der Waals surface area contributed by atoms with Crippen molar-refractivity contribution in [2.24, 2.45) is 5.92 Å². The fourth-order valence-electron chi connectivity index (χ4n) is 1.27. The van der Waals surface area contributed by atoms with Gasteiger partial charge in [-0.05, 0) is 12.3 Å². The van der Waals surface area contributed by atoms with E-state index in [1.807, 2.05) is 6.92 Å². The second-order valence-electron chi connectivity index (χ2n) is 3.69. The molecule has 0 aromatic carbocycles. The van der Waals surface area contributed by atoms with Crippen LogP contribution in [0, 0.1) is 5.92 Å². The van der Waals surface area contributed by atoms with E-state index in [4.69, 9.17) is 5.11 Å². The normalized spacial score (nSPS) is 23.0. The summed E-state index contributed by atoms with van der Waals surface area (Å²) < 4.78 is 0. The van der Waals surface area contributed by atoms with E-state index in [0.717, 1.165) is 0 Å². The van der Waals surface area contributed by atoms with Crippen LogP contribution in [-0.2, 0) is 9.59 Å². The first-order valence-electron chi connectivity index (χ1n) is 4.81. The number of carbonyl (C=O) groups is 2. The minimum absolute atomic E-state index is 0.0519. The van der Waals surface area contributed by atoms with E-state index in [2.05, 4.69) is 10.6 Å². The summed E-state index contributed by atoms with van der Waals surface area (Å²) in [5.41, 5.74) is 0. The molecule has 0 aliphatic carbocycles. The van der Waals surface area contributed by atoms with Crippen LogP contribution >= 0.6 is 0 Å². The van der Waals surface area contributed by atoms with Gasteiger partial charge in [-0.2, -0.15) is 0 Å². The highest BCUT2D eigenvalue weighted by Gasteiger charge is 2.26. The number of hydrogen-bond donors (Lipinski definition) is 3. The molecule has 1 aliphatic heterocycles. The van der Waals surface area contributed by atoms with Crippen molar-refractivity contribution in [3.63, 3.8) is 0 Å². The van der Waals surface area contributed by atoms with E-state index in [-0.39, 0.29) is 30.4 Å². The second kappa shape index (κ2) is 4.95. The SMILES string of the molecule is CC(CO)CNC(=O)[C@H]1CCC(=O)N1. The highest BCUT2D eigenvalue weighted by Crippen LogP contribution is 2.06. The predicted molar refractivity (Wildman–Crippen MR) is 50.4 cm³/mol. The Bertz CT molecular complexity index is 230. The minimum Gasteiger partial charge on any atom is -0.396 e. The van der Waals surface area contributed by atoms with Crippen molar-refractivity contribution in [1.29, 1.82) is 0 Å². The molecular weight excluding hydrogens is 184 g/mol. The van der Waals surface area contributed by atoms with Crippen LogP contribution in [0.3, 0.4) is 0 Å². The van der Waals surface area contributed by atoms with Crippen LogP contribution in [0.2, 0.25) is 0 Å². The molecule has 1 saturated heterocycles. The summed E-state index contributed by atoms with van der Waals surface area (Å²) in [6.07, 6.45) is 0.992. The number of carbonyl (C=O) groups excluding carboxylic acids is 2. The lowest BCUT2D eigenvalue weighted by Crippen LogP contribution is -2.43. The number of aliphatic hydroxyl groups is 1. The number of hydrogen-bond acceptors (Lipinski definition) is 3. The summed E-state index contributed by atoms with van der Waals surface area (Å²) >= 11 is 0. The summed E-state index contributed by atoms with van der Waals surface area (Å²) in [5.74, 6) is -0.174. The third-order valence-corrected chi connectivity index (χ3v) is 2.25. The molecule has 0 saturated carbocycles. The van der Waals surface area contributed by atoms with Crippen molar-refractivity contribution in [3.05, 3.63) is 0 Å². The summed E-state index contributed by atoms with van der Waals surface area (Å²) in [4.78, 5) is 22.2. The van der Waals surface area contributed by atoms with Gasteiger partial charge in [0.15, 0.2) is 0 Å². The highest BCUT2D eigenvalue weighted by atomic mass is 16.3. The fourth-order valence-corrected chi connectivity index (χ4v) is 1.27. The van der Waals surface area contributed by atoms with Gasteiger partial charge in [-0.1, -0.05) is 6.92 Å². The average Bonchev–Trinajstić information content (AvgIpc) is 2.60. The molecule has 2 atom stereocenters. The summed E-state index contributed by atoms with van der Waals surface area (Å²) in [6, 6.07) is -0.381. The second-order valence-corrected chi connectivity index (χ2v) is 3.69. The third-order valence-electron chi connectivity index (χ3n) is 2.25. The number of rotatable bonds is 4. The quantitative estimate of drug-likeness (QED) is 0.545. The molecule has 1 aliphatic rings. The van der Waals surface area contributed by atoms with Gasteiger partial charge >= 0.3 is 0 Å². The lowest BCUT2D eigenvalue weighted by Gasteiger charge is -2.13.